The number of aromatic hydroxyl groups is 1. The van der Waals surface area contributed by atoms with Gasteiger partial charge in [-0.3, -0.25) is 0 Å². The Labute approximate surface area is 193 Å². The zero-order valence-corrected chi connectivity index (χ0v) is 20.7. The van der Waals surface area contributed by atoms with Crippen LogP contribution in [0.4, 0.5) is 4.79 Å². The summed E-state index contributed by atoms with van der Waals surface area (Å²) < 4.78 is 5.56. The van der Waals surface area contributed by atoms with Gasteiger partial charge in [0, 0.05) is 37.1 Å². The number of phenolic OH excluding ortho intramolecular Hbond substituents is 1. The van der Waals surface area contributed by atoms with E-state index in [9.17, 15) is 9.90 Å². The van der Waals surface area contributed by atoms with Gasteiger partial charge in [0.2, 0.25) is 0 Å². The van der Waals surface area contributed by atoms with E-state index in [0.717, 1.165) is 51.9 Å². The van der Waals surface area contributed by atoms with Crippen molar-refractivity contribution in [2.24, 2.45) is 5.92 Å². The number of amides is 1. The number of piperidine rings is 2. The number of nitrogens with zero attached hydrogens (tertiary/aromatic N) is 3. The maximum Gasteiger partial charge on any atom is 0.410 e. The normalized spacial score (nSPS) is 29.2. The first-order valence-electron chi connectivity index (χ1n) is 12.2. The lowest BCUT2D eigenvalue weighted by molar-refractivity contribution is -0.0104. The molecule has 2 aliphatic heterocycles. The minimum absolute atomic E-state index is 0.0372. The summed E-state index contributed by atoms with van der Waals surface area (Å²) in [6.07, 6.45) is 3.99. The Morgan fingerprint density at radius 1 is 1.25 bits per heavy atom. The maximum absolute atomic E-state index is 12.4. The van der Waals surface area contributed by atoms with Crippen molar-refractivity contribution in [2.45, 2.75) is 76.5 Å². The lowest BCUT2D eigenvalue weighted by Gasteiger charge is -2.58. The van der Waals surface area contributed by atoms with E-state index in [1.165, 1.54) is 11.1 Å². The van der Waals surface area contributed by atoms with Crippen LogP contribution in [0.15, 0.2) is 18.2 Å². The molecule has 3 atom stereocenters. The Morgan fingerprint density at radius 2 is 1.94 bits per heavy atom. The van der Waals surface area contributed by atoms with Gasteiger partial charge in [0.15, 0.2) is 0 Å². The molecule has 0 radical (unpaired) electrons. The lowest BCUT2D eigenvalue weighted by Crippen LogP contribution is -2.66. The van der Waals surface area contributed by atoms with Gasteiger partial charge < -0.3 is 24.5 Å². The molecule has 1 amide bonds. The average molecular weight is 444 g/mol. The van der Waals surface area contributed by atoms with E-state index in [-0.39, 0.29) is 11.5 Å². The summed E-state index contributed by atoms with van der Waals surface area (Å²) in [6.45, 7) is 11.8. The molecule has 4 rings (SSSR count). The first-order valence-corrected chi connectivity index (χ1v) is 12.2. The van der Waals surface area contributed by atoms with Crippen LogP contribution in [0.25, 0.3) is 0 Å². The first-order chi connectivity index (χ1) is 15.0. The van der Waals surface area contributed by atoms with E-state index in [0.29, 0.717) is 23.8 Å². The fraction of sp³-hybridized carbons (Fsp3) is 0.731. The Bertz CT molecular complexity index is 843. The monoisotopic (exact) mass is 443 g/mol. The van der Waals surface area contributed by atoms with Gasteiger partial charge in [0.25, 0.3) is 0 Å². The fourth-order valence-corrected chi connectivity index (χ4v) is 6.37. The zero-order chi connectivity index (χ0) is 23.3. The number of ether oxygens (including phenoxy) is 1. The number of hydrogen-bond donors (Lipinski definition) is 1. The second-order valence-corrected chi connectivity index (χ2v) is 11.6. The van der Waals surface area contributed by atoms with Crippen LogP contribution in [0.5, 0.6) is 5.75 Å². The average Bonchev–Trinajstić information content (AvgIpc) is 2.71. The molecular weight excluding hydrogens is 402 g/mol. The molecule has 1 aromatic rings. The van der Waals surface area contributed by atoms with Crippen LogP contribution >= 0.6 is 0 Å². The molecule has 2 fully saturated rings. The predicted octanol–water partition coefficient (Wildman–Crippen LogP) is 3.86. The third-order valence-corrected chi connectivity index (χ3v) is 7.99. The van der Waals surface area contributed by atoms with Crippen molar-refractivity contribution in [2.75, 3.05) is 40.3 Å². The molecule has 2 saturated heterocycles. The van der Waals surface area contributed by atoms with Gasteiger partial charge in [0.05, 0.1) is 0 Å². The number of carbonyl (C=O) groups is 1. The van der Waals surface area contributed by atoms with Gasteiger partial charge >= 0.3 is 6.09 Å². The van der Waals surface area contributed by atoms with Crippen molar-refractivity contribution in [3.05, 3.63) is 29.3 Å². The molecule has 32 heavy (non-hydrogen) atoms. The highest BCUT2D eigenvalue weighted by atomic mass is 16.6. The second-order valence-electron chi connectivity index (χ2n) is 11.6. The topological polar surface area (TPSA) is 56.2 Å². The van der Waals surface area contributed by atoms with Crippen molar-refractivity contribution < 1.29 is 14.6 Å². The van der Waals surface area contributed by atoms with Crippen molar-refractivity contribution >= 4 is 6.09 Å². The van der Waals surface area contributed by atoms with Crippen molar-refractivity contribution in [1.29, 1.82) is 0 Å². The molecule has 1 aliphatic carbocycles. The zero-order valence-electron chi connectivity index (χ0n) is 20.7. The van der Waals surface area contributed by atoms with Crippen LogP contribution in [0.3, 0.4) is 0 Å². The summed E-state index contributed by atoms with van der Waals surface area (Å²) in [4.78, 5) is 19.4. The molecule has 0 saturated carbocycles. The van der Waals surface area contributed by atoms with E-state index in [1.54, 1.807) is 0 Å². The Hall–Kier alpha value is -1.79. The van der Waals surface area contributed by atoms with Crippen LogP contribution in [-0.4, -0.2) is 83.9 Å². The number of phenols is 1. The van der Waals surface area contributed by atoms with E-state index in [4.69, 9.17) is 4.74 Å². The van der Waals surface area contributed by atoms with Gasteiger partial charge in [-0.2, -0.15) is 0 Å². The fourth-order valence-electron chi connectivity index (χ4n) is 6.37. The number of rotatable bonds is 3. The summed E-state index contributed by atoms with van der Waals surface area (Å²) in [6, 6.07) is 6.87. The number of likely N-dealkylation sites (tertiary alicyclic amines) is 2. The smallest absolute Gasteiger partial charge is 0.410 e. The molecule has 1 aromatic carbocycles. The molecule has 0 aromatic heterocycles. The molecule has 6 nitrogen and oxygen atoms in total. The predicted molar refractivity (Wildman–Crippen MR) is 127 cm³/mol. The van der Waals surface area contributed by atoms with Crippen LogP contribution in [0.2, 0.25) is 0 Å². The highest BCUT2D eigenvalue weighted by Gasteiger charge is 2.51. The highest BCUT2D eigenvalue weighted by Crippen LogP contribution is 2.47. The van der Waals surface area contributed by atoms with Crippen LogP contribution in [0.1, 0.15) is 58.1 Å². The molecular formula is C26H41N3O3. The Balaban J connectivity index is 1.44. The number of benzene rings is 1. The highest BCUT2D eigenvalue weighted by molar-refractivity contribution is 5.68. The minimum atomic E-state index is -0.445. The van der Waals surface area contributed by atoms with E-state index in [1.807, 2.05) is 37.8 Å². The van der Waals surface area contributed by atoms with Crippen molar-refractivity contribution in [3.63, 3.8) is 0 Å². The summed E-state index contributed by atoms with van der Waals surface area (Å²) in [7, 11) is 4.54. The number of hydrogen-bond acceptors (Lipinski definition) is 5. The molecule has 0 spiro atoms. The second kappa shape index (κ2) is 8.53. The minimum Gasteiger partial charge on any atom is -0.508 e. The maximum atomic E-state index is 12.4. The molecule has 178 valence electrons. The van der Waals surface area contributed by atoms with Crippen LogP contribution in [-0.2, 0) is 16.6 Å². The SMILES string of the molecule is CN1CCC2(C)c3cc(O)ccc3CC1C2N(C)CC1CCN(C(=O)OC(C)(C)C)CC1. The van der Waals surface area contributed by atoms with Crippen molar-refractivity contribution in [1.82, 2.24) is 14.7 Å². The molecule has 1 N–H and O–H groups in total. The summed E-state index contributed by atoms with van der Waals surface area (Å²) >= 11 is 0. The molecule has 2 bridgehead atoms. The summed E-state index contributed by atoms with van der Waals surface area (Å²) in [5.41, 5.74) is 2.31. The van der Waals surface area contributed by atoms with Gasteiger partial charge in [-0.1, -0.05) is 13.0 Å². The molecule has 3 unspecified atom stereocenters. The number of carbonyl (C=O) groups excluding carboxylic acids is 1. The van der Waals surface area contributed by atoms with Crippen LogP contribution in [0, 0.1) is 5.92 Å². The number of likely N-dealkylation sites (N-methyl/N-ethyl adjacent to an activating group) is 2. The van der Waals surface area contributed by atoms with Gasteiger partial charge in [0.1, 0.15) is 11.4 Å². The largest absolute Gasteiger partial charge is 0.508 e. The third-order valence-electron chi connectivity index (χ3n) is 7.99. The summed E-state index contributed by atoms with van der Waals surface area (Å²) in [5.74, 6) is 0.956. The Morgan fingerprint density at radius 3 is 2.59 bits per heavy atom. The summed E-state index contributed by atoms with van der Waals surface area (Å²) in [5, 5.41) is 10.2. The third kappa shape index (κ3) is 4.49. The van der Waals surface area contributed by atoms with E-state index in [2.05, 4.69) is 36.9 Å². The van der Waals surface area contributed by atoms with Gasteiger partial charge in [-0.15, -0.1) is 0 Å². The van der Waals surface area contributed by atoms with Crippen LogP contribution < -0.4 is 0 Å². The quantitative estimate of drug-likeness (QED) is 0.769. The van der Waals surface area contributed by atoms with E-state index >= 15 is 0 Å². The molecule has 2 heterocycles. The molecule has 3 aliphatic rings. The first kappa shape index (κ1) is 23.4. The van der Waals surface area contributed by atoms with Gasteiger partial charge in [-0.05, 0) is 96.3 Å². The lowest BCUT2D eigenvalue weighted by atomic mass is 9.61. The molecule has 6 heteroatoms. The number of fused-ring (bicyclic) bond motifs is 4. The standard InChI is InChI=1S/C26H41N3O3/c1-25(2,3)32-24(31)29-12-9-18(10-13-29)17-28(6)23-22-15-19-7-8-20(30)16-21(19)26(23,4)11-14-27(22)5/h7-8,16,18,22-23,30H,9-15,17H2,1-6H3. The van der Waals surface area contributed by atoms with Gasteiger partial charge in [-0.25, -0.2) is 4.79 Å². The van der Waals surface area contributed by atoms with Crippen molar-refractivity contribution in [3.8, 4) is 5.75 Å². The Kier molecular flexibility index (Phi) is 6.23. The van der Waals surface area contributed by atoms with E-state index < -0.39 is 5.60 Å².